The smallest absolute Gasteiger partial charge is 0.243 e. The van der Waals surface area contributed by atoms with Crippen LogP contribution in [0.1, 0.15) is 45.1 Å². The Kier molecular flexibility index (Phi) is 7.34. The summed E-state index contributed by atoms with van der Waals surface area (Å²) in [7, 11) is -3.48. The van der Waals surface area contributed by atoms with E-state index in [1.807, 2.05) is 20.8 Å². The second-order valence-electron chi connectivity index (χ2n) is 6.58. The van der Waals surface area contributed by atoms with Gasteiger partial charge in [0, 0.05) is 25.2 Å². The number of carbonyl (C=O) groups is 1. The monoisotopic (exact) mass is 408 g/mol. The number of hydrogen-bond acceptors (Lipinski definition) is 6. The largest absolute Gasteiger partial charge is 0.360 e. The molecule has 0 unspecified atom stereocenters. The number of nitrogens with zero attached hydrogens (tertiary/aromatic N) is 2. The quantitative estimate of drug-likeness (QED) is 0.661. The molecule has 2 atom stereocenters. The zero-order valence-electron chi connectivity index (χ0n) is 16.9. The Hall–Kier alpha value is -2.23. The molecule has 1 heterocycles. The van der Waals surface area contributed by atoms with Crippen LogP contribution in [-0.2, 0) is 14.8 Å². The van der Waals surface area contributed by atoms with Gasteiger partial charge < -0.3 is 9.84 Å². The third-order valence-electron chi connectivity index (χ3n) is 4.50. The van der Waals surface area contributed by atoms with E-state index >= 15 is 0 Å². The molecule has 0 saturated heterocycles. The van der Waals surface area contributed by atoms with E-state index in [1.165, 1.54) is 4.31 Å². The summed E-state index contributed by atoms with van der Waals surface area (Å²) >= 11 is 0. The van der Waals surface area contributed by atoms with Gasteiger partial charge in [-0.3, -0.25) is 10.1 Å². The fraction of sp³-hybridized carbons (Fsp3) is 0.474. The average Bonchev–Trinajstić information content (AvgIpc) is 3.07. The first-order valence-corrected chi connectivity index (χ1v) is 10.7. The van der Waals surface area contributed by atoms with E-state index < -0.39 is 16.1 Å². The van der Waals surface area contributed by atoms with Crippen molar-refractivity contribution in [2.24, 2.45) is 0 Å². The summed E-state index contributed by atoms with van der Waals surface area (Å²) in [6.07, 6.45) is 0. The van der Waals surface area contributed by atoms with Crippen molar-refractivity contribution >= 4 is 21.7 Å². The molecule has 0 spiro atoms. The summed E-state index contributed by atoms with van der Waals surface area (Å²) in [4.78, 5) is 12.5. The predicted octanol–water partition coefficient (Wildman–Crippen LogP) is 2.69. The standard InChI is InChI=1S/C19H28N4O4S/c1-6-23(7-2)28(25,26)17-10-8-16(9-11-17)14(4)20-15(5)19(24)21-18-12-13(3)27-22-18/h8-12,14-15,20H,6-7H2,1-5H3,(H,21,22,24)/t14-,15+/m1/s1. The topological polar surface area (TPSA) is 105 Å². The minimum atomic E-state index is -3.48. The van der Waals surface area contributed by atoms with Crippen LogP contribution in [0.5, 0.6) is 0 Å². The molecule has 28 heavy (non-hydrogen) atoms. The third-order valence-corrected chi connectivity index (χ3v) is 6.56. The number of rotatable bonds is 9. The number of aryl methyl sites for hydroxylation is 1. The molecule has 0 radical (unpaired) electrons. The van der Waals surface area contributed by atoms with E-state index in [9.17, 15) is 13.2 Å². The molecule has 1 aromatic carbocycles. The van der Waals surface area contributed by atoms with E-state index in [4.69, 9.17) is 4.52 Å². The Bertz CT molecular complexity index is 889. The molecular weight excluding hydrogens is 380 g/mol. The molecular formula is C19H28N4O4S. The van der Waals surface area contributed by atoms with Gasteiger partial charge in [-0.1, -0.05) is 31.1 Å². The summed E-state index contributed by atoms with van der Waals surface area (Å²) in [6.45, 7) is 9.89. The van der Waals surface area contributed by atoms with Crippen molar-refractivity contribution in [3.63, 3.8) is 0 Å². The van der Waals surface area contributed by atoms with Gasteiger partial charge in [-0.15, -0.1) is 0 Å². The van der Waals surface area contributed by atoms with Crippen LogP contribution in [0, 0.1) is 6.92 Å². The molecule has 1 aromatic heterocycles. The molecule has 0 aliphatic carbocycles. The molecule has 0 bridgehead atoms. The zero-order valence-corrected chi connectivity index (χ0v) is 17.7. The Morgan fingerprint density at radius 3 is 2.29 bits per heavy atom. The first-order chi connectivity index (χ1) is 13.2. The average molecular weight is 409 g/mol. The summed E-state index contributed by atoms with van der Waals surface area (Å²) in [5.41, 5.74) is 0.885. The zero-order chi connectivity index (χ0) is 20.9. The highest BCUT2D eigenvalue weighted by molar-refractivity contribution is 7.89. The van der Waals surface area contributed by atoms with Crippen molar-refractivity contribution in [2.75, 3.05) is 18.4 Å². The van der Waals surface area contributed by atoms with Crippen molar-refractivity contribution in [2.45, 2.75) is 51.6 Å². The minimum Gasteiger partial charge on any atom is -0.360 e. The van der Waals surface area contributed by atoms with Gasteiger partial charge in [0.1, 0.15) is 5.76 Å². The molecule has 0 aliphatic heterocycles. The third kappa shape index (κ3) is 5.18. The van der Waals surface area contributed by atoms with E-state index in [1.54, 1.807) is 44.2 Å². The van der Waals surface area contributed by atoms with Crippen LogP contribution < -0.4 is 10.6 Å². The highest BCUT2D eigenvalue weighted by Crippen LogP contribution is 2.20. The van der Waals surface area contributed by atoms with Gasteiger partial charge in [-0.05, 0) is 38.5 Å². The van der Waals surface area contributed by atoms with Gasteiger partial charge in [0.15, 0.2) is 5.82 Å². The molecule has 0 saturated carbocycles. The Morgan fingerprint density at radius 2 is 1.79 bits per heavy atom. The second-order valence-corrected chi connectivity index (χ2v) is 8.52. The van der Waals surface area contributed by atoms with Crippen molar-refractivity contribution in [1.82, 2.24) is 14.8 Å². The maximum absolute atomic E-state index is 12.6. The van der Waals surface area contributed by atoms with Crippen molar-refractivity contribution in [1.29, 1.82) is 0 Å². The van der Waals surface area contributed by atoms with Crippen LogP contribution in [0.4, 0.5) is 5.82 Å². The lowest BCUT2D eigenvalue weighted by Gasteiger charge is -2.21. The molecule has 2 N–H and O–H groups in total. The molecule has 1 amide bonds. The normalized spacial score (nSPS) is 14.1. The number of nitrogens with one attached hydrogen (secondary N) is 2. The van der Waals surface area contributed by atoms with Gasteiger partial charge in [-0.2, -0.15) is 4.31 Å². The lowest BCUT2D eigenvalue weighted by Crippen LogP contribution is -2.39. The fourth-order valence-corrected chi connectivity index (χ4v) is 4.31. The Labute approximate surface area is 166 Å². The van der Waals surface area contributed by atoms with Crippen LogP contribution >= 0.6 is 0 Å². The number of sulfonamides is 1. The van der Waals surface area contributed by atoms with Crippen LogP contribution in [0.2, 0.25) is 0 Å². The molecule has 0 fully saturated rings. The molecule has 154 valence electrons. The Morgan fingerprint density at radius 1 is 1.18 bits per heavy atom. The molecule has 0 aliphatic rings. The van der Waals surface area contributed by atoms with Crippen LogP contribution in [0.15, 0.2) is 39.8 Å². The van der Waals surface area contributed by atoms with Crippen molar-refractivity contribution < 1.29 is 17.7 Å². The number of carbonyl (C=O) groups excluding carboxylic acids is 1. The van der Waals surface area contributed by atoms with Gasteiger partial charge in [0.05, 0.1) is 10.9 Å². The summed E-state index contributed by atoms with van der Waals surface area (Å²) in [5, 5.41) is 9.62. The first kappa shape index (κ1) is 22.1. The van der Waals surface area contributed by atoms with Crippen LogP contribution in [0.3, 0.4) is 0 Å². The van der Waals surface area contributed by atoms with E-state index in [-0.39, 0.29) is 16.8 Å². The lowest BCUT2D eigenvalue weighted by molar-refractivity contribution is -0.118. The maximum Gasteiger partial charge on any atom is 0.243 e. The van der Waals surface area contributed by atoms with Crippen molar-refractivity contribution in [3.05, 3.63) is 41.7 Å². The minimum absolute atomic E-state index is 0.148. The van der Waals surface area contributed by atoms with Gasteiger partial charge in [0.25, 0.3) is 0 Å². The maximum atomic E-state index is 12.6. The number of anilines is 1. The summed E-state index contributed by atoms with van der Waals surface area (Å²) < 4.78 is 31.5. The van der Waals surface area contributed by atoms with Crippen molar-refractivity contribution in [3.8, 4) is 0 Å². The summed E-state index contributed by atoms with van der Waals surface area (Å²) in [5.74, 6) is 0.750. The fourth-order valence-electron chi connectivity index (χ4n) is 2.85. The van der Waals surface area contributed by atoms with E-state index in [2.05, 4.69) is 15.8 Å². The Balaban J connectivity index is 2.02. The van der Waals surface area contributed by atoms with E-state index in [0.29, 0.717) is 24.7 Å². The number of aromatic nitrogens is 1. The number of benzene rings is 1. The second kappa shape index (κ2) is 9.31. The highest BCUT2D eigenvalue weighted by Gasteiger charge is 2.22. The molecule has 8 nitrogen and oxygen atoms in total. The SMILES string of the molecule is CCN(CC)S(=O)(=O)c1ccc([C@@H](C)N[C@@H](C)C(=O)Nc2cc(C)on2)cc1. The van der Waals surface area contributed by atoms with Gasteiger partial charge in [-0.25, -0.2) is 8.42 Å². The molecule has 2 aromatic rings. The summed E-state index contributed by atoms with van der Waals surface area (Å²) in [6, 6.07) is 7.74. The van der Waals surface area contributed by atoms with Crippen LogP contribution in [-0.4, -0.2) is 42.9 Å². The van der Waals surface area contributed by atoms with Gasteiger partial charge >= 0.3 is 0 Å². The molecule has 2 rings (SSSR count). The van der Waals surface area contributed by atoms with E-state index in [0.717, 1.165) is 5.56 Å². The number of amides is 1. The lowest BCUT2D eigenvalue weighted by atomic mass is 10.1. The predicted molar refractivity (Wildman–Crippen MR) is 107 cm³/mol. The van der Waals surface area contributed by atoms with Crippen LogP contribution in [0.25, 0.3) is 0 Å². The van der Waals surface area contributed by atoms with Gasteiger partial charge in [0.2, 0.25) is 15.9 Å². The number of hydrogen-bond donors (Lipinski definition) is 2. The highest BCUT2D eigenvalue weighted by atomic mass is 32.2. The molecule has 9 heteroatoms. The first-order valence-electron chi connectivity index (χ1n) is 9.29.